The van der Waals surface area contributed by atoms with Gasteiger partial charge in [0.1, 0.15) is 5.69 Å². The summed E-state index contributed by atoms with van der Waals surface area (Å²) in [6, 6.07) is 0.865. The first kappa shape index (κ1) is 16.8. The highest BCUT2D eigenvalue weighted by molar-refractivity contribution is 6.31. The van der Waals surface area contributed by atoms with Crippen molar-refractivity contribution in [1.82, 2.24) is 0 Å². The zero-order valence-electron chi connectivity index (χ0n) is 11.4. The number of halogens is 4. The SMILES string of the molecule is O=[N+]([O-])c1cc(C(F)(F)F)c(Cl)cc1N[C@H]1CCCC[C@@H]1O. The lowest BCUT2D eigenvalue weighted by Gasteiger charge is -2.29. The van der Waals surface area contributed by atoms with E-state index in [-0.39, 0.29) is 5.69 Å². The first-order valence-electron chi connectivity index (χ1n) is 6.70. The van der Waals surface area contributed by atoms with Gasteiger partial charge in [0.15, 0.2) is 0 Å². The Balaban J connectivity index is 2.38. The molecular formula is C13H14ClF3N2O3. The minimum absolute atomic E-state index is 0.117. The molecule has 0 spiro atoms. The van der Waals surface area contributed by atoms with Crippen molar-refractivity contribution in [1.29, 1.82) is 0 Å². The van der Waals surface area contributed by atoms with Gasteiger partial charge in [0.05, 0.1) is 27.7 Å². The van der Waals surface area contributed by atoms with Crippen LogP contribution in [0.15, 0.2) is 12.1 Å². The second-order valence-electron chi connectivity index (χ2n) is 5.21. The molecule has 5 nitrogen and oxygen atoms in total. The van der Waals surface area contributed by atoms with Crippen LogP contribution in [0.2, 0.25) is 5.02 Å². The number of nitro benzene ring substituents is 1. The highest BCUT2D eigenvalue weighted by atomic mass is 35.5. The largest absolute Gasteiger partial charge is 0.418 e. The fourth-order valence-corrected chi connectivity index (χ4v) is 2.80. The predicted octanol–water partition coefficient (Wildman–Crippen LogP) is 3.98. The lowest BCUT2D eigenvalue weighted by Crippen LogP contribution is -2.36. The standard InChI is InChI=1S/C13H14ClF3N2O3/c14-8-6-10(18-9-3-1-2-4-12(9)20)11(19(21)22)5-7(8)13(15,16)17/h5-6,9,12,18,20H,1-4H2/t9-,12-/m0/s1. The van der Waals surface area contributed by atoms with Crippen LogP contribution in [0.1, 0.15) is 31.2 Å². The first-order valence-corrected chi connectivity index (χ1v) is 7.07. The van der Waals surface area contributed by atoms with Gasteiger partial charge in [-0.05, 0) is 18.9 Å². The van der Waals surface area contributed by atoms with Gasteiger partial charge in [-0.15, -0.1) is 0 Å². The Bertz CT molecular complexity index is 580. The van der Waals surface area contributed by atoms with Crippen LogP contribution < -0.4 is 5.32 Å². The highest BCUT2D eigenvalue weighted by Crippen LogP contribution is 2.40. The Labute approximate surface area is 129 Å². The zero-order chi connectivity index (χ0) is 16.5. The molecule has 0 aliphatic heterocycles. The summed E-state index contributed by atoms with van der Waals surface area (Å²) in [7, 11) is 0. The Morgan fingerprint density at radius 1 is 1.32 bits per heavy atom. The third kappa shape index (κ3) is 3.61. The lowest BCUT2D eigenvalue weighted by atomic mass is 9.92. The van der Waals surface area contributed by atoms with Crippen LogP contribution in [0.3, 0.4) is 0 Å². The van der Waals surface area contributed by atoms with E-state index in [9.17, 15) is 28.4 Å². The zero-order valence-corrected chi connectivity index (χ0v) is 12.1. The maximum absolute atomic E-state index is 12.8. The van der Waals surface area contributed by atoms with Gasteiger partial charge in [0.2, 0.25) is 0 Å². The van der Waals surface area contributed by atoms with Crippen molar-refractivity contribution >= 4 is 23.0 Å². The number of nitro groups is 1. The Morgan fingerprint density at radius 3 is 2.50 bits per heavy atom. The molecule has 2 atom stereocenters. The van der Waals surface area contributed by atoms with Crippen LogP contribution in [0.5, 0.6) is 0 Å². The molecule has 1 fully saturated rings. The minimum Gasteiger partial charge on any atom is -0.391 e. The highest BCUT2D eigenvalue weighted by Gasteiger charge is 2.36. The van der Waals surface area contributed by atoms with Gasteiger partial charge in [-0.3, -0.25) is 10.1 Å². The van der Waals surface area contributed by atoms with E-state index in [0.717, 1.165) is 18.9 Å². The van der Waals surface area contributed by atoms with Crippen LogP contribution in [0.25, 0.3) is 0 Å². The molecule has 0 heterocycles. The molecule has 1 saturated carbocycles. The van der Waals surface area contributed by atoms with E-state index >= 15 is 0 Å². The van der Waals surface area contributed by atoms with Crippen LogP contribution in [-0.2, 0) is 6.18 Å². The number of hydrogen-bond donors (Lipinski definition) is 2. The van der Waals surface area contributed by atoms with E-state index in [1.165, 1.54) is 0 Å². The molecular weight excluding hydrogens is 325 g/mol. The lowest BCUT2D eigenvalue weighted by molar-refractivity contribution is -0.384. The summed E-state index contributed by atoms with van der Waals surface area (Å²) in [5, 5.41) is 23.0. The summed E-state index contributed by atoms with van der Waals surface area (Å²) in [6.07, 6.45) is -2.68. The van der Waals surface area contributed by atoms with E-state index in [2.05, 4.69) is 5.32 Å². The van der Waals surface area contributed by atoms with Gasteiger partial charge in [0, 0.05) is 6.07 Å². The van der Waals surface area contributed by atoms with Crippen molar-refractivity contribution in [3.63, 3.8) is 0 Å². The molecule has 0 unspecified atom stereocenters. The summed E-state index contributed by atoms with van der Waals surface area (Å²) in [5.74, 6) is 0. The molecule has 9 heteroatoms. The number of nitrogens with one attached hydrogen (secondary N) is 1. The van der Waals surface area contributed by atoms with E-state index in [1.54, 1.807) is 0 Å². The number of benzene rings is 1. The van der Waals surface area contributed by atoms with Crippen molar-refractivity contribution in [3.05, 3.63) is 32.8 Å². The topological polar surface area (TPSA) is 75.4 Å². The molecule has 0 bridgehead atoms. The molecule has 0 amide bonds. The van der Waals surface area contributed by atoms with E-state index < -0.39 is 39.5 Å². The molecule has 0 aromatic heterocycles. The van der Waals surface area contributed by atoms with Gasteiger partial charge in [-0.1, -0.05) is 24.4 Å². The summed E-state index contributed by atoms with van der Waals surface area (Å²) < 4.78 is 38.3. The van der Waals surface area contributed by atoms with Crippen molar-refractivity contribution < 1.29 is 23.2 Å². The molecule has 1 aromatic carbocycles. The van der Waals surface area contributed by atoms with E-state index in [1.807, 2.05) is 0 Å². The monoisotopic (exact) mass is 338 g/mol. The number of hydrogen-bond acceptors (Lipinski definition) is 4. The van der Waals surface area contributed by atoms with Crippen molar-refractivity contribution in [2.45, 2.75) is 44.0 Å². The average molecular weight is 339 g/mol. The summed E-state index contributed by atoms with van der Waals surface area (Å²) in [5.41, 5.74) is -2.08. The Kier molecular flexibility index (Phi) is 4.81. The van der Waals surface area contributed by atoms with E-state index in [4.69, 9.17) is 11.6 Å². The van der Waals surface area contributed by atoms with Crippen LogP contribution in [-0.4, -0.2) is 22.2 Å². The quantitative estimate of drug-likeness (QED) is 0.645. The number of alkyl halides is 3. The van der Waals surface area contributed by atoms with Crippen molar-refractivity contribution in [3.8, 4) is 0 Å². The average Bonchev–Trinajstić information content (AvgIpc) is 2.39. The maximum Gasteiger partial charge on any atom is 0.418 e. The van der Waals surface area contributed by atoms with Crippen LogP contribution in [0, 0.1) is 10.1 Å². The third-order valence-corrected chi connectivity index (χ3v) is 3.97. The fraction of sp³-hybridized carbons (Fsp3) is 0.538. The fourth-order valence-electron chi connectivity index (χ4n) is 2.53. The van der Waals surface area contributed by atoms with Gasteiger partial charge in [-0.2, -0.15) is 13.2 Å². The number of aliphatic hydroxyl groups is 1. The van der Waals surface area contributed by atoms with Gasteiger partial charge < -0.3 is 10.4 Å². The Morgan fingerprint density at radius 2 is 1.95 bits per heavy atom. The molecule has 1 aromatic rings. The molecule has 1 aliphatic carbocycles. The van der Waals surface area contributed by atoms with Gasteiger partial charge >= 0.3 is 6.18 Å². The molecule has 0 radical (unpaired) electrons. The maximum atomic E-state index is 12.8. The van der Waals surface area contributed by atoms with Crippen molar-refractivity contribution in [2.75, 3.05) is 5.32 Å². The van der Waals surface area contributed by atoms with Crippen molar-refractivity contribution in [2.24, 2.45) is 0 Å². The molecule has 2 N–H and O–H groups in total. The van der Waals surface area contributed by atoms with Gasteiger partial charge in [-0.25, -0.2) is 0 Å². The van der Waals surface area contributed by atoms with Crippen LogP contribution >= 0.6 is 11.6 Å². The third-order valence-electron chi connectivity index (χ3n) is 3.66. The molecule has 2 rings (SSSR count). The summed E-state index contributed by atoms with van der Waals surface area (Å²) in [4.78, 5) is 10.1. The molecule has 0 saturated heterocycles. The number of anilines is 1. The number of rotatable bonds is 3. The predicted molar refractivity (Wildman–Crippen MR) is 75.0 cm³/mol. The summed E-state index contributed by atoms with van der Waals surface area (Å²) in [6.45, 7) is 0. The normalized spacial score (nSPS) is 22.4. The minimum atomic E-state index is -4.77. The van der Waals surface area contributed by atoms with Gasteiger partial charge in [0.25, 0.3) is 5.69 Å². The molecule has 22 heavy (non-hydrogen) atoms. The second-order valence-corrected chi connectivity index (χ2v) is 5.61. The summed E-state index contributed by atoms with van der Waals surface area (Å²) >= 11 is 5.60. The first-order chi connectivity index (χ1) is 10.2. The van der Waals surface area contributed by atoms with Crippen LogP contribution in [0.4, 0.5) is 24.5 Å². The molecule has 1 aliphatic rings. The number of nitrogens with zero attached hydrogens (tertiary/aromatic N) is 1. The molecule has 122 valence electrons. The number of aliphatic hydroxyl groups excluding tert-OH is 1. The second kappa shape index (κ2) is 6.29. The Hall–Kier alpha value is -1.54. The smallest absolute Gasteiger partial charge is 0.391 e. The van der Waals surface area contributed by atoms with E-state index in [0.29, 0.717) is 18.9 Å².